The van der Waals surface area contributed by atoms with Gasteiger partial charge in [0.05, 0.1) is 25.2 Å². The zero-order chi connectivity index (χ0) is 19.8. The Morgan fingerprint density at radius 3 is 2.64 bits per heavy atom. The molecule has 3 heterocycles. The molecule has 0 aliphatic carbocycles. The maximum Gasteiger partial charge on any atom is 0.223 e. The molecule has 0 bridgehead atoms. The van der Waals surface area contributed by atoms with Gasteiger partial charge in [0.2, 0.25) is 11.8 Å². The van der Waals surface area contributed by atoms with E-state index in [4.69, 9.17) is 9.47 Å². The highest BCUT2D eigenvalue weighted by atomic mass is 16.5. The number of aliphatic hydroxyl groups excluding tert-OH is 1. The number of nitrogens with one attached hydrogen (secondary N) is 2. The summed E-state index contributed by atoms with van der Waals surface area (Å²) in [5.74, 6) is -0.264. The van der Waals surface area contributed by atoms with Gasteiger partial charge in [-0.25, -0.2) is 0 Å². The quantitative estimate of drug-likeness (QED) is 0.579. The molecule has 1 aromatic rings. The van der Waals surface area contributed by atoms with Crippen LogP contribution in [0, 0.1) is 5.92 Å². The highest BCUT2D eigenvalue weighted by molar-refractivity contribution is 5.79. The predicted octanol–water partition coefficient (Wildman–Crippen LogP) is 0.315. The van der Waals surface area contributed by atoms with Crippen molar-refractivity contribution in [3.05, 3.63) is 42.2 Å². The molecule has 2 amide bonds. The lowest BCUT2D eigenvalue weighted by molar-refractivity contribution is -0.132. The number of carbonyl (C=O) groups is 2. The van der Waals surface area contributed by atoms with Crippen molar-refractivity contribution in [3.8, 4) is 0 Å². The second-order valence-corrected chi connectivity index (χ2v) is 7.04. The molecule has 3 N–H and O–H groups in total. The number of rotatable bonds is 7. The summed E-state index contributed by atoms with van der Waals surface area (Å²) < 4.78 is 11.1. The monoisotopic (exact) mass is 389 g/mol. The Kier molecular flexibility index (Phi) is 7.53. The third-order valence-corrected chi connectivity index (χ3v) is 4.99. The molecule has 2 aliphatic rings. The molecule has 0 unspecified atom stereocenters. The summed E-state index contributed by atoms with van der Waals surface area (Å²) in [7, 11) is 0. The Labute approximate surface area is 164 Å². The van der Waals surface area contributed by atoms with Gasteiger partial charge in [-0.1, -0.05) is 12.2 Å². The fraction of sp³-hybridized carbons (Fsp3) is 0.550. The Balaban J connectivity index is 1.48. The van der Waals surface area contributed by atoms with Crippen molar-refractivity contribution in [2.75, 3.05) is 19.8 Å². The minimum atomic E-state index is -0.577. The first-order chi connectivity index (χ1) is 13.7. The van der Waals surface area contributed by atoms with Gasteiger partial charge in [-0.3, -0.25) is 14.6 Å². The van der Waals surface area contributed by atoms with Gasteiger partial charge < -0.3 is 25.2 Å². The van der Waals surface area contributed by atoms with E-state index in [0.29, 0.717) is 32.6 Å². The molecule has 3 atom stereocenters. The minimum absolute atomic E-state index is 0.0476. The van der Waals surface area contributed by atoms with Gasteiger partial charge in [-0.05, 0) is 30.5 Å². The standard InChI is InChI=1S/C20H27N3O5/c24-13-18-17(23-20(26)15-5-9-27-10-6-15)2-1-16(28-18)11-19(25)22-12-14-3-7-21-8-4-14/h1-4,7-8,15-18,24H,5-6,9-13H2,(H,22,25)(H,23,26)/t16-,17-,18-/m0/s1. The van der Waals surface area contributed by atoms with Crippen LogP contribution in [0.15, 0.2) is 36.7 Å². The lowest BCUT2D eigenvalue weighted by Crippen LogP contribution is -2.50. The third kappa shape index (κ3) is 5.85. The minimum Gasteiger partial charge on any atom is -0.394 e. The van der Waals surface area contributed by atoms with Crippen molar-refractivity contribution in [2.24, 2.45) is 5.92 Å². The van der Waals surface area contributed by atoms with Crippen LogP contribution in [0.5, 0.6) is 0 Å². The molecule has 1 aromatic heterocycles. The van der Waals surface area contributed by atoms with Gasteiger partial charge in [-0.15, -0.1) is 0 Å². The van der Waals surface area contributed by atoms with Crippen LogP contribution in [0.4, 0.5) is 0 Å². The molecule has 0 saturated carbocycles. The molecule has 0 radical (unpaired) electrons. The van der Waals surface area contributed by atoms with E-state index in [9.17, 15) is 14.7 Å². The number of hydrogen-bond acceptors (Lipinski definition) is 6. The number of hydrogen-bond donors (Lipinski definition) is 3. The van der Waals surface area contributed by atoms with Crippen LogP contribution in [0.3, 0.4) is 0 Å². The summed E-state index contributed by atoms with van der Waals surface area (Å²) in [6, 6.07) is 3.27. The average Bonchev–Trinajstić information content (AvgIpc) is 2.74. The molecule has 8 nitrogen and oxygen atoms in total. The van der Waals surface area contributed by atoms with E-state index in [1.165, 1.54) is 0 Å². The van der Waals surface area contributed by atoms with Crippen LogP contribution in [0.25, 0.3) is 0 Å². The van der Waals surface area contributed by atoms with Gasteiger partial charge in [0, 0.05) is 38.1 Å². The van der Waals surface area contributed by atoms with Crippen LogP contribution < -0.4 is 10.6 Å². The SMILES string of the molecule is O=C(C[C@@H]1C=C[C@H](NC(=O)C2CCOCC2)[C@H](CO)O1)NCc1ccncc1. The highest BCUT2D eigenvalue weighted by Gasteiger charge is 2.31. The smallest absolute Gasteiger partial charge is 0.223 e. The van der Waals surface area contributed by atoms with Gasteiger partial charge in [-0.2, -0.15) is 0 Å². The summed E-state index contributed by atoms with van der Waals surface area (Å²) in [6.07, 6.45) is 7.47. The van der Waals surface area contributed by atoms with Crippen LogP contribution in [0.2, 0.25) is 0 Å². The first kappa shape index (κ1) is 20.4. The fourth-order valence-electron chi connectivity index (χ4n) is 3.33. The summed E-state index contributed by atoms with van der Waals surface area (Å²) in [5, 5.41) is 15.4. The van der Waals surface area contributed by atoms with Gasteiger partial charge >= 0.3 is 0 Å². The second-order valence-electron chi connectivity index (χ2n) is 7.04. The maximum absolute atomic E-state index is 12.4. The maximum atomic E-state index is 12.4. The molecule has 1 fully saturated rings. The van der Waals surface area contributed by atoms with E-state index < -0.39 is 18.2 Å². The Bertz CT molecular complexity index is 676. The fourth-order valence-corrected chi connectivity index (χ4v) is 3.33. The number of carbonyl (C=O) groups excluding carboxylic acids is 2. The van der Waals surface area contributed by atoms with Crippen LogP contribution >= 0.6 is 0 Å². The van der Waals surface area contributed by atoms with E-state index in [2.05, 4.69) is 15.6 Å². The van der Waals surface area contributed by atoms with Crippen molar-refractivity contribution in [1.82, 2.24) is 15.6 Å². The van der Waals surface area contributed by atoms with E-state index in [1.807, 2.05) is 18.2 Å². The number of amides is 2. The first-order valence-electron chi connectivity index (χ1n) is 9.64. The molecular weight excluding hydrogens is 362 g/mol. The topological polar surface area (TPSA) is 110 Å². The lowest BCUT2D eigenvalue weighted by atomic mass is 9.97. The normalized spacial score (nSPS) is 25.2. The number of ether oxygens (including phenoxy) is 2. The molecule has 1 saturated heterocycles. The number of pyridine rings is 1. The third-order valence-electron chi connectivity index (χ3n) is 4.99. The van der Waals surface area contributed by atoms with Gasteiger partial charge in [0.25, 0.3) is 0 Å². The molecule has 8 heteroatoms. The summed E-state index contributed by atoms with van der Waals surface area (Å²) in [6.45, 7) is 1.37. The first-order valence-corrected chi connectivity index (χ1v) is 9.64. The molecule has 3 rings (SSSR count). The van der Waals surface area contributed by atoms with Crippen molar-refractivity contribution >= 4 is 11.8 Å². The second kappa shape index (κ2) is 10.3. The number of nitrogens with zero attached hydrogens (tertiary/aromatic N) is 1. The zero-order valence-electron chi connectivity index (χ0n) is 15.8. The molecule has 0 aromatic carbocycles. The highest BCUT2D eigenvalue weighted by Crippen LogP contribution is 2.19. The van der Waals surface area contributed by atoms with E-state index in [1.54, 1.807) is 18.5 Å². The van der Waals surface area contributed by atoms with E-state index in [0.717, 1.165) is 5.56 Å². The molecule has 28 heavy (non-hydrogen) atoms. The van der Waals surface area contributed by atoms with Crippen molar-refractivity contribution in [2.45, 2.75) is 44.1 Å². The number of aromatic nitrogens is 1. The van der Waals surface area contributed by atoms with E-state index >= 15 is 0 Å². The Morgan fingerprint density at radius 1 is 1.18 bits per heavy atom. The lowest BCUT2D eigenvalue weighted by Gasteiger charge is -2.33. The molecule has 0 spiro atoms. The largest absolute Gasteiger partial charge is 0.394 e. The number of aliphatic hydroxyl groups is 1. The van der Waals surface area contributed by atoms with Gasteiger partial charge in [0.1, 0.15) is 6.10 Å². The van der Waals surface area contributed by atoms with Crippen molar-refractivity contribution in [1.29, 1.82) is 0 Å². The van der Waals surface area contributed by atoms with Gasteiger partial charge in [0.15, 0.2) is 0 Å². The molecular formula is C20H27N3O5. The molecule has 152 valence electrons. The van der Waals surface area contributed by atoms with Crippen molar-refractivity contribution in [3.63, 3.8) is 0 Å². The van der Waals surface area contributed by atoms with E-state index in [-0.39, 0.29) is 30.8 Å². The Morgan fingerprint density at radius 2 is 1.93 bits per heavy atom. The average molecular weight is 389 g/mol. The van der Waals surface area contributed by atoms with Crippen LogP contribution in [-0.2, 0) is 25.6 Å². The molecule has 2 aliphatic heterocycles. The van der Waals surface area contributed by atoms with Crippen LogP contribution in [-0.4, -0.2) is 60.0 Å². The zero-order valence-corrected chi connectivity index (χ0v) is 15.8. The summed E-state index contributed by atoms with van der Waals surface area (Å²) in [4.78, 5) is 28.5. The summed E-state index contributed by atoms with van der Waals surface area (Å²) in [5.41, 5.74) is 0.965. The van der Waals surface area contributed by atoms with Crippen LogP contribution in [0.1, 0.15) is 24.8 Å². The van der Waals surface area contributed by atoms with Crippen molar-refractivity contribution < 1.29 is 24.2 Å². The predicted molar refractivity (Wildman–Crippen MR) is 101 cm³/mol. The Hall–Kier alpha value is -2.29. The summed E-state index contributed by atoms with van der Waals surface area (Å²) >= 11 is 0.